The number of hydrogen-bond donors (Lipinski definition) is 2. The molecule has 0 spiro atoms. The molecular weight excluding hydrogens is 324 g/mol. The molecule has 1 fully saturated rings. The second kappa shape index (κ2) is 11.8. The van der Waals surface area contributed by atoms with Crippen LogP contribution in [0.3, 0.4) is 0 Å². The number of nitrogens with zero attached hydrogens (tertiary/aromatic N) is 2. The summed E-state index contributed by atoms with van der Waals surface area (Å²) in [4.78, 5) is 6.97. The van der Waals surface area contributed by atoms with Crippen molar-refractivity contribution >= 4 is 5.96 Å². The molecule has 0 aromatic heterocycles. The number of hydrogen-bond acceptors (Lipinski definition) is 3. The average Bonchev–Trinajstić information content (AvgIpc) is 2.70. The number of benzene rings is 1. The molecule has 1 aromatic rings. The highest BCUT2D eigenvalue weighted by molar-refractivity contribution is 5.80. The molecule has 1 heterocycles. The molecule has 1 aliphatic rings. The third-order valence-corrected chi connectivity index (χ3v) is 4.98. The summed E-state index contributed by atoms with van der Waals surface area (Å²) < 4.78 is 6.05. The predicted octanol–water partition coefficient (Wildman–Crippen LogP) is 3.27. The SMILES string of the molecule is CCCCN1CCC(NC(=NC)NCC(CC)Oc2ccccc2)CC1. The minimum absolute atomic E-state index is 0.131. The fourth-order valence-corrected chi connectivity index (χ4v) is 3.24. The first-order chi connectivity index (χ1) is 12.7. The van der Waals surface area contributed by atoms with Crippen LogP contribution in [0.4, 0.5) is 0 Å². The van der Waals surface area contributed by atoms with Crippen molar-refractivity contribution in [1.82, 2.24) is 15.5 Å². The van der Waals surface area contributed by atoms with Crippen LogP contribution < -0.4 is 15.4 Å². The van der Waals surface area contributed by atoms with Gasteiger partial charge in [0, 0.05) is 26.2 Å². The molecule has 0 aliphatic carbocycles. The van der Waals surface area contributed by atoms with E-state index in [4.69, 9.17) is 4.74 Å². The van der Waals surface area contributed by atoms with Crippen LogP contribution in [0.2, 0.25) is 0 Å². The van der Waals surface area contributed by atoms with Gasteiger partial charge in [0.25, 0.3) is 0 Å². The van der Waals surface area contributed by atoms with Gasteiger partial charge in [-0.25, -0.2) is 0 Å². The fraction of sp³-hybridized carbons (Fsp3) is 0.667. The van der Waals surface area contributed by atoms with E-state index in [-0.39, 0.29) is 6.10 Å². The van der Waals surface area contributed by atoms with Gasteiger partial charge < -0.3 is 20.3 Å². The smallest absolute Gasteiger partial charge is 0.191 e. The van der Waals surface area contributed by atoms with Crippen molar-refractivity contribution in [2.45, 2.75) is 58.1 Å². The van der Waals surface area contributed by atoms with Crippen LogP contribution in [0, 0.1) is 0 Å². The molecule has 5 nitrogen and oxygen atoms in total. The Morgan fingerprint density at radius 1 is 1.23 bits per heavy atom. The largest absolute Gasteiger partial charge is 0.489 e. The summed E-state index contributed by atoms with van der Waals surface area (Å²) in [6.45, 7) is 8.77. The third kappa shape index (κ3) is 7.24. The van der Waals surface area contributed by atoms with Crippen molar-refractivity contribution in [2.24, 2.45) is 4.99 Å². The lowest BCUT2D eigenvalue weighted by Crippen LogP contribution is -2.50. The van der Waals surface area contributed by atoms with Crippen LogP contribution in [-0.2, 0) is 0 Å². The molecule has 1 atom stereocenters. The number of rotatable bonds is 9. The first-order valence-electron chi connectivity index (χ1n) is 10.2. The number of guanidine groups is 1. The summed E-state index contributed by atoms with van der Waals surface area (Å²) in [7, 11) is 1.84. The molecule has 2 N–H and O–H groups in total. The van der Waals surface area contributed by atoms with Crippen molar-refractivity contribution in [3.05, 3.63) is 30.3 Å². The van der Waals surface area contributed by atoms with Gasteiger partial charge in [0.15, 0.2) is 5.96 Å². The normalized spacial score (nSPS) is 17.7. The lowest BCUT2D eigenvalue weighted by atomic mass is 10.0. The molecule has 0 saturated carbocycles. The zero-order valence-corrected chi connectivity index (χ0v) is 16.7. The Labute approximate surface area is 159 Å². The second-order valence-corrected chi connectivity index (χ2v) is 7.03. The summed E-state index contributed by atoms with van der Waals surface area (Å²) in [5, 5.41) is 7.02. The number of aliphatic imine (C=N–C) groups is 1. The average molecular weight is 361 g/mol. The van der Waals surface area contributed by atoms with Gasteiger partial charge >= 0.3 is 0 Å². The molecule has 5 heteroatoms. The van der Waals surface area contributed by atoms with Crippen LogP contribution in [0.25, 0.3) is 0 Å². The summed E-state index contributed by atoms with van der Waals surface area (Å²) in [6, 6.07) is 10.5. The van der Waals surface area contributed by atoms with Crippen molar-refractivity contribution in [1.29, 1.82) is 0 Å². The Balaban J connectivity index is 1.72. The third-order valence-electron chi connectivity index (χ3n) is 4.98. The topological polar surface area (TPSA) is 48.9 Å². The fourth-order valence-electron chi connectivity index (χ4n) is 3.24. The maximum absolute atomic E-state index is 6.05. The van der Waals surface area contributed by atoms with E-state index < -0.39 is 0 Å². The van der Waals surface area contributed by atoms with E-state index >= 15 is 0 Å². The highest BCUT2D eigenvalue weighted by atomic mass is 16.5. The lowest BCUT2D eigenvalue weighted by Gasteiger charge is -2.33. The monoisotopic (exact) mass is 360 g/mol. The van der Waals surface area contributed by atoms with Crippen molar-refractivity contribution in [3.63, 3.8) is 0 Å². The minimum atomic E-state index is 0.131. The highest BCUT2D eigenvalue weighted by Gasteiger charge is 2.19. The van der Waals surface area contributed by atoms with E-state index in [2.05, 4.69) is 34.4 Å². The van der Waals surface area contributed by atoms with Crippen LogP contribution in [-0.4, -0.2) is 56.2 Å². The second-order valence-electron chi connectivity index (χ2n) is 7.03. The van der Waals surface area contributed by atoms with Gasteiger partial charge in [0.2, 0.25) is 0 Å². The number of nitrogens with one attached hydrogen (secondary N) is 2. The summed E-state index contributed by atoms with van der Waals surface area (Å²) >= 11 is 0. The van der Waals surface area contributed by atoms with E-state index in [1.807, 2.05) is 37.4 Å². The zero-order chi connectivity index (χ0) is 18.6. The number of unbranched alkanes of at least 4 members (excludes halogenated alkanes) is 1. The Bertz CT molecular complexity index is 512. The van der Waals surface area contributed by atoms with E-state index in [9.17, 15) is 0 Å². The molecule has 26 heavy (non-hydrogen) atoms. The number of piperidine rings is 1. The maximum Gasteiger partial charge on any atom is 0.191 e. The molecule has 0 radical (unpaired) electrons. The first kappa shape index (κ1) is 20.6. The predicted molar refractivity (Wildman–Crippen MR) is 110 cm³/mol. The molecule has 1 unspecified atom stereocenters. The van der Waals surface area contributed by atoms with Crippen LogP contribution in [0.1, 0.15) is 46.0 Å². The molecule has 1 aliphatic heterocycles. The van der Waals surface area contributed by atoms with E-state index in [1.54, 1.807) is 0 Å². The number of likely N-dealkylation sites (tertiary alicyclic amines) is 1. The Morgan fingerprint density at radius 2 is 1.96 bits per heavy atom. The van der Waals surface area contributed by atoms with E-state index in [1.165, 1.54) is 45.3 Å². The number of ether oxygens (including phenoxy) is 1. The molecular formula is C21H36N4O. The molecule has 0 bridgehead atoms. The van der Waals surface area contributed by atoms with E-state index in [0.29, 0.717) is 6.04 Å². The quantitative estimate of drug-likeness (QED) is 0.524. The Hall–Kier alpha value is -1.75. The van der Waals surface area contributed by atoms with Gasteiger partial charge in [0.1, 0.15) is 11.9 Å². The Morgan fingerprint density at radius 3 is 2.58 bits per heavy atom. The van der Waals surface area contributed by atoms with Gasteiger partial charge in [-0.05, 0) is 44.4 Å². The van der Waals surface area contributed by atoms with Crippen molar-refractivity contribution < 1.29 is 4.74 Å². The highest BCUT2D eigenvalue weighted by Crippen LogP contribution is 2.13. The summed E-state index contributed by atoms with van der Waals surface area (Å²) in [6.07, 6.45) is 6.03. The van der Waals surface area contributed by atoms with Crippen LogP contribution >= 0.6 is 0 Å². The van der Waals surface area contributed by atoms with Crippen molar-refractivity contribution in [2.75, 3.05) is 33.2 Å². The van der Waals surface area contributed by atoms with Crippen LogP contribution in [0.15, 0.2) is 35.3 Å². The molecule has 0 amide bonds. The Kier molecular flexibility index (Phi) is 9.32. The van der Waals surface area contributed by atoms with Gasteiger partial charge in [0.05, 0.1) is 6.54 Å². The van der Waals surface area contributed by atoms with E-state index in [0.717, 1.165) is 24.7 Å². The van der Waals surface area contributed by atoms with Gasteiger partial charge in [-0.15, -0.1) is 0 Å². The van der Waals surface area contributed by atoms with Crippen molar-refractivity contribution in [3.8, 4) is 5.75 Å². The molecule has 1 aromatic carbocycles. The van der Waals surface area contributed by atoms with Gasteiger partial charge in [-0.1, -0.05) is 38.5 Å². The molecule has 2 rings (SSSR count). The standard InChI is InChI=1S/C21H36N4O/c1-4-6-14-25-15-12-18(13-16-25)24-21(22-3)23-17-19(5-2)26-20-10-8-7-9-11-20/h7-11,18-19H,4-6,12-17H2,1-3H3,(H2,22,23,24). The maximum atomic E-state index is 6.05. The lowest BCUT2D eigenvalue weighted by molar-refractivity contribution is 0.196. The summed E-state index contributed by atoms with van der Waals surface area (Å²) in [5.74, 6) is 1.80. The molecule has 146 valence electrons. The number of para-hydroxylation sites is 1. The minimum Gasteiger partial charge on any atom is -0.489 e. The van der Waals surface area contributed by atoms with Gasteiger partial charge in [-0.2, -0.15) is 0 Å². The summed E-state index contributed by atoms with van der Waals surface area (Å²) in [5.41, 5.74) is 0. The van der Waals surface area contributed by atoms with Gasteiger partial charge in [-0.3, -0.25) is 4.99 Å². The first-order valence-corrected chi connectivity index (χ1v) is 10.2. The zero-order valence-electron chi connectivity index (χ0n) is 16.7. The molecule has 1 saturated heterocycles. The van der Waals surface area contributed by atoms with Crippen LogP contribution in [0.5, 0.6) is 5.75 Å².